The van der Waals surface area contributed by atoms with Crippen molar-refractivity contribution in [1.82, 2.24) is 5.32 Å². The van der Waals surface area contributed by atoms with Crippen LogP contribution >= 0.6 is 0 Å². The summed E-state index contributed by atoms with van der Waals surface area (Å²) in [6.07, 6.45) is 1.50. The summed E-state index contributed by atoms with van der Waals surface area (Å²) in [6.45, 7) is 4.76. The van der Waals surface area contributed by atoms with Gasteiger partial charge in [0.05, 0.1) is 0 Å². The lowest BCUT2D eigenvalue weighted by Gasteiger charge is -2.15. The van der Waals surface area contributed by atoms with Crippen LogP contribution in [0.25, 0.3) is 0 Å². The molecule has 0 aliphatic rings. The summed E-state index contributed by atoms with van der Waals surface area (Å²) in [5.74, 6) is -0.349. The van der Waals surface area contributed by atoms with Crippen molar-refractivity contribution in [2.24, 2.45) is 0 Å². The third kappa shape index (κ3) is 4.64. The van der Waals surface area contributed by atoms with Gasteiger partial charge in [-0.1, -0.05) is 24.3 Å². The molecule has 0 aliphatic carbocycles. The second kappa shape index (κ2) is 7.32. The molecule has 2 aromatic carbocycles. The third-order valence-corrected chi connectivity index (χ3v) is 3.68. The normalized spacial score (nSPS) is 12.4. The van der Waals surface area contributed by atoms with Gasteiger partial charge in [0.15, 0.2) is 0 Å². The molecule has 1 atom stereocenters. The second-order valence-electron chi connectivity index (χ2n) is 5.47. The second-order valence-corrected chi connectivity index (χ2v) is 5.47. The van der Waals surface area contributed by atoms with E-state index in [1.54, 1.807) is 12.1 Å². The number of halogens is 2. The maximum atomic E-state index is 13.6. The minimum atomic E-state index is -0.197. The largest absolute Gasteiger partial charge is 0.314 e. The summed E-state index contributed by atoms with van der Waals surface area (Å²) in [7, 11) is 0. The van der Waals surface area contributed by atoms with Crippen LogP contribution in [0.3, 0.4) is 0 Å². The Morgan fingerprint density at radius 1 is 1.05 bits per heavy atom. The van der Waals surface area contributed by atoms with Crippen molar-refractivity contribution in [2.75, 3.05) is 6.54 Å². The molecule has 2 rings (SSSR count). The summed E-state index contributed by atoms with van der Waals surface area (Å²) in [5.41, 5.74) is 2.84. The first kappa shape index (κ1) is 15.6. The SMILES string of the molecule is Cc1cc(F)ccc1CCNC(C)Cc1ccccc1F. The molecular weight excluding hydrogens is 268 g/mol. The zero-order valence-electron chi connectivity index (χ0n) is 12.5. The van der Waals surface area contributed by atoms with E-state index in [-0.39, 0.29) is 17.7 Å². The van der Waals surface area contributed by atoms with Gasteiger partial charge in [-0.2, -0.15) is 0 Å². The van der Waals surface area contributed by atoms with Crippen molar-refractivity contribution in [2.45, 2.75) is 32.7 Å². The van der Waals surface area contributed by atoms with E-state index in [1.807, 2.05) is 32.0 Å². The molecule has 0 radical (unpaired) electrons. The number of hydrogen-bond acceptors (Lipinski definition) is 1. The lowest BCUT2D eigenvalue weighted by Crippen LogP contribution is -2.30. The molecule has 0 amide bonds. The topological polar surface area (TPSA) is 12.0 Å². The lowest BCUT2D eigenvalue weighted by molar-refractivity contribution is 0.528. The fraction of sp³-hybridized carbons (Fsp3) is 0.333. The molecule has 21 heavy (non-hydrogen) atoms. The van der Waals surface area contributed by atoms with Crippen LogP contribution in [0, 0.1) is 18.6 Å². The molecule has 0 spiro atoms. The van der Waals surface area contributed by atoms with Crippen LogP contribution < -0.4 is 5.32 Å². The van der Waals surface area contributed by atoms with Gasteiger partial charge in [0, 0.05) is 6.04 Å². The Bertz CT molecular complexity index is 596. The van der Waals surface area contributed by atoms with Gasteiger partial charge in [0.1, 0.15) is 11.6 Å². The molecule has 0 bridgehead atoms. The van der Waals surface area contributed by atoms with Gasteiger partial charge in [-0.15, -0.1) is 0 Å². The molecule has 0 aromatic heterocycles. The number of rotatable bonds is 6. The van der Waals surface area contributed by atoms with Crippen molar-refractivity contribution in [3.8, 4) is 0 Å². The van der Waals surface area contributed by atoms with Crippen molar-refractivity contribution in [3.63, 3.8) is 0 Å². The van der Waals surface area contributed by atoms with Crippen LogP contribution in [0.5, 0.6) is 0 Å². The summed E-state index contributed by atoms with van der Waals surface area (Å²) in [6, 6.07) is 11.9. The van der Waals surface area contributed by atoms with Crippen LogP contribution in [-0.2, 0) is 12.8 Å². The van der Waals surface area contributed by atoms with Gasteiger partial charge in [-0.25, -0.2) is 8.78 Å². The van der Waals surface area contributed by atoms with E-state index in [4.69, 9.17) is 0 Å². The van der Waals surface area contributed by atoms with E-state index < -0.39 is 0 Å². The van der Waals surface area contributed by atoms with Crippen molar-refractivity contribution in [3.05, 3.63) is 70.8 Å². The van der Waals surface area contributed by atoms with E-state index in [0.717, 1.165) is 29.7 Å². The van der Waals surface area contributed by atoms with Crippen molar-refractivity contribution in [1.29, 1.82) is 0 Å². The molecule has 1 unspecified atom stereocenters. The van der Waals surface area contributed by atoms with Gasteiger partial charge in [-0.3, -0.25) is 0 Å². The minimum Gasteiger partial charge on any atom is -0.314 e. The fourth-order valence-corrected chi connectivity index (χ4v) is 2.46. The highest BCUT2D eigenvalue weighted by molar-refractivity contribution is 5.26. The first-order valence-corrected chi connectivity index (χ1v) is 7.28. The van der Waals surface area contributed by atoms with Crippen molar-refractivity contribution >= 4 is 0 Å². The number of aryl methyl sites for hydroxylation is 1. The molecule has 2 aromatic rings. The number of hydrogen-bond donors (Lipinski definition) is 1. The summed E-state index contributed by atoms with van der Waals surface area (Å²) in [5, 5.41) is 3.39. The Morgan fingerprint density at radius 3 is 2.52 bits per heavy atom. The average molecular weight is 289 g/mol. The number of nitrogens with one attached hydrogen (secondary N) is 1. The maximum absolute atomic E-state index is 13.6. The molecule has 112 valence electrons. The molecule has 1 N–H and O–H groups in total. The molecule has 0 aliphatic heterocycles. The molecule has 0 heterocycles. The molecule has 0 saturated carbocycles. The predicted octanol–water partition coefficient (Wildman–Crippen LogP) is 4.04. The highest BCUT2D eigenvalue weighted by Crippen LogP contribution is 2.11. The maximum Gasteiger partial charge on any atom is 0.126 e. The molecule has 0 fully saturated rings. The van der Waals surface area contributed by atoms with Gasteiger partial charge in [-0.05, 0) is 68.1 Å². The van der Waals surface area contributed by atoms with E-state index in [2.05, 4.69) is 5.32 Å². The summed E-state index contributed by atoms with van der Waals surface area (Å²) in [4.78, 5) is 0. The first-order valence-electron chi connectivity index (χ1n) is 7.28. The van der Waals surface area contributed by atoms with Gasteiger partial charge in [0.25, 0.3) is 0 Å². The quantitative estimate of drug-likeness (QED) is 0.846. The van der Waals surface area contributed by atoms with E-state index >= 15 is 0 Å². The zero-order valence-corrected chi connectivity index (χ0v) is 12.5. The Morgan fingerprint density at radius 2 is 1.81 bits per heavy atom. The predicted molar refractivity (Wildman–Crippen MR) is 82.4 cm³/mol. The van der Waals surface area contributed by atoms with Crippen LogP contribution in [0.1, 0.15) is 23.6 Å². The van der Waals surface area contributed by atoms with Crippen LogP contribution in [-0.4, -0.2) is 12.6 Å². The molecule has 0 saturated heterocycles. The molecular formula is C18H21F2N. The van der Waals surface area contributed by atoms with Gasteiger partial charge in [0.2, 0.25) is 0 Å². The monoisotopic (exact) mass is 289 g/mol. The first-order chi connectivity index (χ1) is 10.1. The van der Waals surface area contributed by atoms with Crippen molar-refractivity contribution < 1.29 is 8.78 Å². The van der Waals surface area contributed by atoms with E-state index in [9.17, 15) is 8.78 Å². The van der Waals surface area contributed by atoms with Gasteiger partial charge < -0.3 is 5.32 Å². The molecule has 3 heteroatoms. The highest BCUT2D eigenvalue weighted by Gasteiger charge is 2.07. The van der Waals surface area contributed by atoms with E-state index in [1.165, 1.54) is 12.1 Å². The van der Waals surface area contributed by atoms with E-state index in [0.29, 0.717) is 6.42 Å². The zero-order chi connectivity index (χ0) is 15.2. The summed E-state index contributed by atoms with van der Waals surface area (Å²) >= 11 is 0. The summed E-state index contributed by atoms with van der Waals surface area (Å²) < 4.78 is 26.6. The Hall–Kier alpha value is -1.74. The Balaban J connectivity index is 1.82. The Labute approximate surface area is 125 Å². The minimum absolute atomic E-state index is 0.152. The smallest absolute Gasteiger partial charge is 0.126 e. The van der Waals surface area contributed by atoms with Crippen LogP contribution in [0.15, 0.2) is 42.5 Å². The van der Waals surface area contributed by atoms with Crippen LogP contribution in [0.2, 0.25) is 0 Å². The Kier molecular flexibility index (Phi) is 5.45. The van der Waals surface area contributed by atoms with Gasteiger partial charge >= 0.3 is 0 Å². The number of benzene rings is 2. The lowest BCUT2D eigenvalue weighted by atomic mass is 10.0. The fourth-order valence-electron chi connectivity index (χ4n) is 2.46. The van der Waals surface area contributed by atoms with Crippen LogP contribution in [0.4, 0.5) is 8.78 Å². The molecule has 1 nitrogen and oxygen atoms in total. The third-order valence-electron chi connectivity index (χ3n) is 3.68. The average Bonchev–Trinajstić information content (AvgIpc) is 2.44. The highest BCUT2D eigenvalue weighted by atomic mass is 19.1. The standard InChI is InChI=1S/C18H21F2N/c1-13-11-17(19)8-7-15(13)9-10-21-14(2)12-16-5-3-4-6-18(16)20/h3-8,11,14,21H,9-10,12H2,1-2H3.